The van der Waals surface area contributed by atoms with Gasteiger partial charge in [0.1, 0.15) is 6.04 Å². The molecule has 0 aliphatic rings. The maximum Gasteiger partial charge on any atom is 0.248 e. The van der Waals surface area contributed by atoms with Crippen LogP contribution < -0.4 is 10.6 Å². The Labute approximate surface area is 116 Å². The molecule has 0 saturated heterocycles. The monoisotopic (exact) mass is 275 g/mol. The highest BCUT2D eigenvalue weighted by Gasteiger charge is 2.13. The molecule has 0 spiro atoms. The Kier molecular flexibility index (Phi) is 4.16. The van der Waals surface area contributed by atoms with Gasteiger partial charge in [-0.2, -0.15) is 0 Å². The molecule has 1 atom stereocenters. The van der Waals surface area contributed by atoms with Crippen LogP contribution in [0.3, 0.4) is 0 Å². The average molecular weight is 275 g/mol. The summed E-state index contributed by atoms with van der Waals surface area (Å²) in [7, 11) is 0. The van der Waals surface area contributed by atoms with Crippen molar-refractivity contribution in [2.45, 2.75) is 26.8 Å². The van der Waals surface area contributed by atoms with E-state index in [9.17, 15) is 4.79 Å². The van der Waals surface area contributed by atoms with Crippen molar-refractivity contribution in [1.82, 2.24) is 4.98 Å². The fourth-order valence-electron chi connectivity index (χ4n) is 1.59. The van der Waals surface area contributed by atoms with Gasteiger partial charge in [0.15, 0.2) is 5.13 Å². The number of amides is 1. The van der Waals surface area contributed by atoms with Crippen molar-refractivity contribution in [2.75, 3.05) is 10.6 Å². The third-order valence-corrected chi connectivity index (χ3v) is 3.55. The van der Waals surface area contributed by atoms with Crippen LogP contribution in [-0.2, 0) is 4.79 Å². The van der Waals surface area contributed by atoms with Crippen molar-refractivity contribution in [1.29, 1.82) is 0 Å². The fourth-order valence-corrected chi connectivity index (χ4v) is 2.28. The molecule has 2 aromatic rings. The van der Waals surface area contributed by atoms with Gasteiger partial charge in [-0.3, -0.25) is 4.79 Å². The molecule has 4 nitrogen and oxygen atoms in total. The Morgan fingerprint density at radius 3 is 2.53 bits per heavy atom. The van der Waals surface area contributed by atoms with Crippen LogP contribution >= 0.6 is 11.3 Å². The second kappa shape index (κ2) is 5.84. The summed E-state index contributed by atoms with van der Waals surface area (Å²) in [5.41, 5.74) is 3.05. The minimum atomic E-state index is -0.313. The predicted molar refractivity (Wildman–Crippen MR) is 79.7 cm³/mol. The van der Waals surface area contributed by atoms with Crippen LogP contribution in [0.1, 0.15) is 18.2 Å². The SMILES string of the molecule is Cc1ccc(NC(C)C(=O)Nc2nc(C)cs2)cc1. The van der Waals surface area contributed by atoms with E-state index in [1.54, 1.807) is 0 Å². The van der Waals surface area contributed by atoms with Crippen molar-refractivity contribution in [3.05, 3.63) is 40.9 Å². The summed E-state index contributed by atoms with van der Waals surface area (Å²) in [5.74, 6) is -0.0880. The number of hydrogen-bond acceptors (Lipinski definition) is 4. The van der Waals surface area contributed by atoms with Crippen LogP contribution in [0.15, 0.2) is 29.6 Å². The lowest BCUT2D eigenvalue weighted by Crippen LogP contribution is -2.31. The molecule has 2 N–H and O–H groups in total. The zero-order valence-electron chi connectivity index (χ0n) is 11.2. The molecule has 100 valence electrons. The second-order valence-corrected chi connectivity index (χ2v) is 5.37. The maximum atomic E-state index is 12.0. The molecule has 0 bridgehead atoms. The van der Waals surface area contributed by atoms with Crippen LogP contribution in [0.4, 0.5) is 10.8 Å². The molecule has 1 unspecified atom stereocenters. The summed E-state index contributed by atoms with van der Waals surface area (Å²) in [6.45, 7) is 5.76. The molecule has 0 fully saturated rings. The standard InChI is InChI=1S/C14H17N3OS/c1-9-4-6-12(7-5-9)16-11(3)13(18)17-14-15-10(2)8-19-14/h4-8,11,16H,1-3H3,(H,15,17,18). The number of benzene rings is 1. The first kappa shape index (κ1) is 13.5. The van der Waals surface area contributed by atoms with E-state index in [0.29, 0.717) is 5.13 Å². The molecule has 0 saturated carbocycles. The first-order valence-corrected chi connectivity index (χ1v) is 6.99. The number of carbonyl (C=O) groups excluding carboxylic acids is 1. The zero-order valence-corrected chi connectivity index (χ0v) is 12.0. The van der Waals surface area contributed by atoms with Gasteiger partial charge < -0.3 is 10.6 Å². The van der Waals surface area contributed by atoms with Crippen LogP contribution in [-0.4, -0.2) is 16.9 Å². The number of anilines is 2. The Morgan fingerprint density at radius 2 is 1.95 bits per heavy atom. The smallest absolute Gasteiger partial charge is 0.248 e. The summed E-state index contributed by atoms with van der Waals surface area (Å²) < 4.78 is 0. The van der Waals surface area contributed by atoms with Gasteiger partial charge in [0, 0.05) is 11.1 Å². The normalized spacial score (nSPS) is 11.9. The third-order valence-electron chi connectivity index (χ3n) is 2.68. The largest absolute Gasteiger partial charge is 0.374 e. The number of thiazole rings is 1. The molecule has 19 heavy (non-hydrogen) atoms. The Balaban J connectivity index is 1.94. The van der Waals surface area contributed by atoms with Crippen molar-refractivity contribution in [3.63, 3.8) is 0 Å². The number of hydrogen-bond donors (Lipinski definition) is 2. The highest BCUT2D eigenvalue weighted by molar-refractivity contribution is 7.13. The lowest BCUT2D eigenvalue weighted by Gasteiger charge is -2.14. The average Bonchev–Trinajstić information content (AvgIpc) is 2.77. The number of rotatable bonds is 4. The van der Waals surface area contributed by atoms with Gasteiger partial charge in [0.25, 0.3) is 0 Å². The molecule has 1 aromatic carbocycles. The molecule has 2 rings (SSSR count). The molecular formula is C14H17N3OS. The van der Waals surface area contributed by atoms with Gasteiger partial charge in [0.2, 0.25) is 5.91 Å². The summed E-state index contributed by atoms with van der Waals surface area (Å²) in [4.78, 5) is 16.2. The van der Waals surface area contributed by atoms with E-state index in [1.165, 1.54) is 16.9 Å². The van der Waals surface area contributed by atoms with E-state index in [1.807, 2.05) is 50.4 Å². The quantitative estimate of drug-likeness (QED) is 0.901. The highest BCUT2D eigenvalue weighted by Crippen LogP contribution is 2.15. The predicted octanol–water partition coefficient (Wildman–Crippen LogP) is 3.20. The molecule has 1 amide bonds. The molecule has 0 aliphatic carbocycles. The Hall–Kier alpha value is -1.88. The minimum Gasteiger partial charge on any atom is -0.374 e. The molecular weight excluding hydrogens is 258 g/mol. The molecule has 5 heteroatoms. The van der Waals surface area contributed by atoms with Crippen LogP contribution in [0, 0.1) is 13.8 Å². The first-order chi connectivity index (χ1) is 9.04. The molecule has 0 aliphatic heterocycles. The number of nitrogens with zero attached hydrogens (tertiary/aromatic N) is 1. The Bertz CT molecular complexity index is 562. The highest BCUT2D eigenvalue weighted by atomic mass is 32.1. The van der Waals surface area contributed by atoms with E-state index >= 15 is 0 Å². The lowest BCUT2D eigenvalue weighted by molar-refractivity contribution is -0.116. The lowest BCUT2D eigenvalue weighted by atomic mass is 10.2. The molecule has 0 radical (unpaired) electrons. The Morgan fingerprint density at radius 1 is 1.26 bits per heavy atom. The van der Waals surface area contributed by atoms with Crippen LogP contribution in [0.25, 0.3) is 0 Å². The summed E-state index contributed by atoms with van der Waals surface area (Å²) in [5, 5.41) is 8.51. The fraction of sp³-hybridized carbons (Fsp3) is 0.286. The van der Waals surface area contributed by atoms with Gasteiger partial charge in [-0.25, -0.2) is 4.98 Å². The topological polar surface area (TPSA) is 54.0 Å². The number of aryl methyl sites for hydroxylation is 2. The number of aromatic nitrogens is 1. The van der Waals surface area contributed by atoms with E-state index in [2.05, 4.69) is 15.6 Å². The summed E-state index contributed by atoms with van der Waals surface area (Å²) in [6, 6.07) is 7.64. The van der Waals surface area contributed by atoms with Crippen molar-refractivity contribution in [3.8, 4) is 0 Å². The van der Waals surface area contributed by atoms with Gasteiger partial charge in [0.05, 0.1) is 5.69 Å². The number of carbonyl (C=O) groups is 1. The van der Waals surface area contributed by atoms with E-state index in [-0.39, 0.29) is 11.9 Å². The zero-order chi connectivity index (χ0) is 13.8. The van der Waals surface area contributed by atoms with Gasteiger partial charge in [-0.1, -0.05) is 17.7 Å². The van der Waals surface area contributed by atoms with Crippen molar-refractivity contribution < 1.29 is 4.79 Å². The van der Waals surface area contributed by atoms with Crippen LogP contribution in [0.5, 0.6) is 0 Å². The summed E-state index contributed by atoms with van der Waals surface area (Å²) in [6.07, 6.45) is 0. The second-order valence-electron chi connectivity index (χ2n) is 4.52. The van der Waals surface area contributed by atoms with E-state index < -0.39 is 0 Å². The van der Waals surface area contributed by atoms with Gasteiger partial charge in [-0.05, 0) is 32.9 Å². The van der Waals surface area contributed by atoms with Crippen LogP contribution in [0.2, 0.25) is 0 Å². The first-order valence-electron chi connectivity index (χ1n) is 6.11. The van der Waals surface area contributed by atoms with Crippen molar-refractivity contribution >= 4 is 28.1 Å². The molecule has 1 heterocycles. The maximum absolute atomic E-state index is 12.0. The van der Waals surface area contributed by atoms with E-state index in [4.69, 9.17) is 0 Å². The van der Waals surface area contributed by atoms with Gasteiger partial charge >= 0.3 is 0 Å². The van der Waals surface area contributed by atoms with Gasteiger partial charge in [-0.15, -0.1) is 11.3 Å². The third kappa shape index (κ3) is 3.79. The number of nitrogens with one attached hydrogen (secondary N) is 2. The van der Waals surface area contributed by atoms with Crippen molar-refractivity contribution in [2.24, 2.45) is 0 Å². The molecule has 1 aromatic heterocycles. The van der Waals surface area contributed by atoms with E-state index in [0.717, 1.165) is 11.4 Å². The minimum absolute atomic E-state index is 0.0880. The summed E-state index contributed by atoms with van der Waals surface area (Å²) >= 11 is 1.43.